The van der Waals surface area contributed by atoms with E-state index in [1.165, 1.54) is 6.42 Å². The second-order valence-corrected chi connectivity index (χ2v) is 7.24. The topological polar surface area (TPSA) is 55.2 Å². The number of aromatic nitrogens is 2. The van der Waals surface area contributed by atoms with Gasteiger partial charge >= 0.3 is 0 Å². The van der Waals surface area contributed by atoms with Gasteiger partial charge in [0.15, 0.2) is 0 Å². The van der Waals surface area contributed by atoms with Crippen LogP contribution in [0.5, 0.6) is 0 Å². The quantitative estimate of drug-likeness (QED) is 0.847. The molecule has 0 bridgehead atoms. The van der Waals surface area contributed by atoms with Crippen molar-refractivity contribution in [3.8, 4) is 0 Å². The van der Waals surface area contributed by atoms with Crippen molar-refractivity contribution in [2.24, 2.45) is 7.05 Å². The van der Waals surface area contributed by atoms with Crippen LogP contribution in [0.15, 0.2) is 35.3 Å². The van der Waals surface area contributed by atoms with E-state index in [0.29, 0.717) is 6.54 Å². The molecule has 26 heavy (non-hydrogen) atoms. The molecule has 0 aromatic carbocycles. The van der Waals surface area contributed by atoms with E-state index in [-0.39, 0.29) is 23.1 Å². The van der Waals surface area contributed by atoms with Gasteiger partial charge in [0, 0.05) is 25.0 Å². The van der Waals surface area contributed by atoms with Gasteiger partial charge in [0.25, 0.3) is 11.5 Å². The van der Waals surface area contributed by atoms with Gasteiger partial charge in [0.05, 0.1) is 12.2 Å². The van der Waals surface area contributed by atoms with Gasteiger partial charge in [0.2, 0.25) is 0 Å². The number of aryl methyl sites for hydroxylation is 1. The zero-order valence-corrected chi connectivity index (χ0v) is 15.9. The third-order valence-electron chi connectivity index (χ3n) is 5.53. The normalized spacial score (nSPS) is 15.0. The molecule has 5 nitrogen and oxygen atoms in total. The largest absolute Gasteiger partial charge is 0.330 e. The average Bonchev–Trinajstić information content (AvgIpc) is 2.68. The Morgan fingerprint density at radius 2 is 1.96 bits per heavy atom. The van der Waals surface area contributed by atoms with Gasteiger partial charge in [-0.1, -0.05) is 25.3 Å². The first-order chi connectivity index (χ1) is 12.5. The molecule has 1 aliphatic rings. The summed E-state index contributed by atoms with van der Waals surface area (Å²) in [4.78, 5) is 32.3. The summed E-state index contributed by atoms with van der Waals surface area (Å²) in [7, 11) is 1.73. The molecular formula is C21H27N3O2. The van der Waals surface area contributed by atoms with Gasteiger partial charge < -0.3 is 9.47 Å². The van der Waals surface area contributed by atoms with Crippen LogP contribution in [0.2, 0.25) is 0 Å². The molecule has 0 radical (unpaired) electrons. The Labute approximate surface area is 154 Å². The Hall–Kier alpha value is -2.43. The van der Waals surface area contributed by atoms with Gasteiger partial charge in [0.1, 0.15) is 5.56 Å². The number of hydrogen-bond acceptors (Lipinski definition) is 3. The molecule has 2 aromatic rings. The summed E-state index contributed by atoms with van der Waals surface area (Å²) in [5.41, 5.74) is 2.74. The van der Waals surface area contributed by atoms with Crippen LogP contribution < -0.4 is 5.56 Å². The lowest BCUT2D eigenvalue weighted by Gasteiger charge is -2.34. The summed E-state index contributed by atoms with van der Waals surface area (Å²) in [6.45, 7) is 4.29. The van der Waals surface area contributed by atoms with E-state index in [1.54, 1.807) is 23.9 Å². The van der Waals surface area contributed by atoms with Gasteiger partial charge in [-0.05, 0) is 50.5 Å². The lowest BCUT2D eigenvalue weighted by atomic mass is 9.93. The predicted octanol–water partition coefficient (Wildman–Crippen LogP) is 3.37. The number of pyridine rings is 2. The molecule has 2 aromatic heterocycles. The van der Waals surface area contributed by atoms with Gasteiger partial charge in [-0.2, -0.15) is 0 Å². The molecule has 0 spiro atoms. The summed E-state index contributed by atoms with van der Waals surface area (Å²) in [5.74, 6) is -0.175. The highest BCUT2D eigenvalue weighted by atomic mass is 16.2. The maximum Gasteiger partial charge on any atom is 0.263 e. The molecule has 1 saturated carbocycles. The minimum atomic E-state index is -0.222. The summed E-state index contributed by atoms with van der Waals surface area (Å²) in [6, 6.07) is 7.65. The molecule has 0 atom stereocenters. The minimum Gasteiger partial charge on any atom is -0.330 e. The Bertz CT molecular complexity index is 836. The zero-order chi connectivity index (χ0) is 18.7. The van der Waals surface area contributed by atoms with Crippen LogP contribution in [0.1, 0.15) is 59.4 Å². The van der Waals surface area contributed by atoms with Crippen molar-refractivity contribution in [1.29, 1.82) is 0 Å². The van der Waals surface area contributed by atoms with E-state index in [4.69, 9.17) is 0 Å². The van der Waals surface area contributed by atoms with E-state index < -0.39 is 0 Å². The fraction of sp³-hybridized carbons (Fsp3) is 0.476. The summed E-state index contributed by atoms with van der Waals surface area (Å²) < 4.78 is 1.57. The predicted molar refractivity (Wildman–Crippen MR) is 102 cm³/mol. The number of amides is 1. The molecule has 138 valence electrons. The Balaban J connectivity index is 1.98. The van der Waals surface area contributed by atoms with Gasteiger partial charge in [-0.25, -0.2) is 0 Å². The fourth-order valence-electron chi connectivity index (χ4n) is 3.71. The molecule has 1 fully saturated rings. The first-order valence-electron chi connectivity index (χ1n) is 9.37. The molecule has 3 rings (SSSR count). The van der Waals surface area contributed by atoms with Crippen LogP contribution in [0.4, 0.5) is 0 Å². The number of carbonyl (C=O) groups excluding carboxylic acids is 1. The van der Waals surface area contributed by atoms with Crippen molar-refractivity contribution >= 4 is 5.91 Å². The van der Waals surface area contributed by atoms with Crippen molar-refractivity contribution in [3.63, 3.8) is 0 Å². The van der Waals surface area contributed by atoms with Gasteiger partial charge in [-0.15, -0.1) is 0 Å². The second kappa shape index (κ2) is 7.85. The van der Waals surface area contributed by atoms with Crippen LogP contribution >= 0.6 is 0 Å². The van der Waals surface area contributed by atoms with Crippen LogP contribution in [0, 0.1) is 13.8 Å². The summed E-state index contributed by atoms with van der Waals surface area (Å²) in [5, 5.41) is 0. The SMILES string of the molecule is Cc1cc(C(=O)N(Cc2ccccn2)C2CCCCC2)c(=O)n(C)c1C. The molecular weight excluding hydrogens is 326 g/mol. The van der Waals surface area contributed by atoms with Crippen molar-refractivity contribution in [3.05, 3.63) is 63.3 Å². The highest BCUT2D eigenvalue weighted by molar-refractivity contribution is 5.94. The monoisotopic (exact) mass is 353 g/mol. The van der Waals surface area contributed by atoms with E-state index in [9.17, 15) is 9.59 Å². The molecule has 5 heteroatoms. The van der Waals surface area contributed by atoms with E-state index >= 15 is 0 Å². The maximum absolute atomic E-state index is 13.4. The Morgan fingerprint density at radius 1 is 1.23 bits per heavy atom. The molecule has 0 saturated heterocycles. The molecule has 1 aliphatic carbocycles. The molecule has 0 N–H and O–H groups in total. The second-order valence-electron chi connectivity index (χ2n) is 7.24. The van der Waals surface area contributed by atoms with Crippen molar-refractivity contribution in [2.75, 3.05) is 0 Å². The zero-order valence-electron chi connectivity index (χ0n) is 15.9. The van der Waals surface area contributed by atoms with Crippen molar-refractivity contribution < 1.29 is 4.79 Å². The molecule has 2 heterocycles. The van der Waals surface area contributed by atoms with Crippen molar-refractivity contribution in [1.82, 2.24) is 14.5 Å². The summed E-state index contributed by atoms with van der Waals surface area (Å²) in [6.07, 6.45) is 7.19. The van der Waals surface area contributed by atoms with Crippen LogP contribution in [-0.2, 0) is 13.6 Å². The third-order valence-corrected chi connectivity index (χ3v) is 5.53. The van der Waals surface area contributed by atoms with Crippen LogP contribution in [0.25, 0.3) is 0 Å². The highest BCUT2D eigenvalue weighted by Crippen LogP contribution is 2.25. The van der Waals surface area contributed by atoms with Crippen LogP contribution in [0.3, 0.4) is 0 Å². The number of hydrogen-bond donors (Lipinski definition) is 0. The molecule has 1 amide bonds. The lowest BCUT2D eigenvalue weighted by molar-refractivity contribution is 0.0608. The van der Waals surface area contributed by atoms with Crippen LogP contribution in [-0.4, -0.2) is 26.4 Å². The first-order valence-corrected chi connectivity index (χ1v) is 9.37. The first kappa shape index (κ1) is 18.4. The standard InChI is InChI=1S/C21H27N3O2/c1-15-13-19(20(25)23(3)16(15)2)21(26)24(18-10-5-4-6-11-18)14-17-9-7-8-12-22-17/h7-9,12-13,18H,4-6,10-11,14H2,1-3H3. The number of nitrogens with zero attached hydrogens (tertiary/aromatic N) is 3. The van der Waals surface area contributed by atoms with E-state index in [1.807, 2.05) is 36.9 Å². The van der Waals surface area contributed by atoms with E-state index in [0.717, 1.165) is 42.6 Å². The smallest absolute Gasteiger partial charge is 0.263 e. The molecule has 0 aliphatic heterocycles. The Morgan fingerprint density at radius 3 is 2.62 bits per heavy atom. The fourth-order valence-corrected chi connectivity index (χ4v) is 3.71. The highest BCUT2D eigenvalue weighted by Gasteiger charge is 2.29. The minimum absolute atomic E-state index is 0.171. The number of carbonyl (C=O) groups is 1. The van der Waals surface area contributed by atoms with E-state index in [2.05, 4.69) is 4.98 Å². The lowest BCUT2D eigenvalue weighted by Crippen LogP contribution is -2.43. The van der Waals surface area contributed by atoms with Crippen molar-refractivity contribution in [2.45, 2.75) is 58.5 Å². The molecule has 0 unspecified atom stereocenters. The average molecular weight is 353 g/mol. The number of rotatable bonds is 4. The van der Waals surface area contributed by atoms with Gasteiger partial charge in [-0.3, -0.25) is 14.6 Å². The third kappa shape index (κ3) is 3.71. The summed E-state index contributed by atoms with van der Waals surface area (Å²) >= 11 is 0. The Kier molecular flexibility index (Phi) is 5.55. The maximum atomic E-state index is 13.4.